The second-order valence-electron chi connectivity index (χ2n) is 27.0. The molecule has 0 spiro atoms. The number of fused-ring (bicyclic) bond motifs is 2. The summed E-state index contributed by atoms with van der Waals surface area (Å²) in [5.74, 6) is -13.4. The van der Waals surface area contributed by atoms with Gasteiger partial charge in [-0.3, -0.25) is 33.2 Å². The number of anilines is 2. The largest absolute Gasteiger partial charge is 0.494 e. The van der Waals surface area contributed by atoms with Crippen LogP contribution in [-0.4, -0.2) is 75.9 Å². The van der Waals surface area contributed by atoms with E-state index in [1.54, 1.807) is 65.7 Å². The van der Waals surface area contributed by atoms with Gasteiger partial charge >= 0.3 is 25.4 Å². The zero-order valence-corrected chi connectivity index (χ0v) is 68.7. The van der Waals surface area contributed by atoms with Crippen LogP contribution < -0.4 is 27.1 Å². The number of nitrogens with one attached hydrogen (secondary N) is 3. The lowest BCUT2D eigenvalue weighted by Gasteiger charge is -2.32. The van der Waals surface area contributed by atoms with E-state index in [-0.39, 0.29) is 46.0 Å². The smallest absolute Gasteiger partial charge is 0.478 e. The second kappa shape index (κ2) is 40.1. The number of hydrogen-bond donors (Lipinski definition) is 5. The first-order chi connectivity index (χ1) is 58.2. The van der Waals surface area contributed by atoms with Gasteiger partial charge in [-0.1, -0.05) is 42.5 Å². The predicted molar refractivity (Wildman–Crippen MR) is 438 cm³/mol. The zero-order valence-electron chi connectivity index (χ0n) is 63.9. The molecule has 7 heterocycles. The van der Waals surface area contributed by atoms with Gasteiger partial charge in [-0.05, 0) is 250 Å². The Morgan fingerprint density at radius 2 is 0.862 bits per heavy atom. The lowest BCUT2D eigenvalue weighted by molar-refractivity contribution is -0.138. The number of carboxylic acids is 1. The van der Waals surface area contributed by atoms with E-state index in [1.807, 2.05) is 45.9 Å². The molecule has 0 aliphatic carbocycles. The SMILES string of the molecule is CC1(C)OB(c2ccc(C(F)(F)F)c(C(=O)Nc3ccc(F)cc3)c2)OC1(C)C.Fc1cccc(-c2ncc3c(Br)cccn23)c1F.NCc1ncccc1Br.O=C(NCc1ncccc1Br)c1cccc(F)c1F.O=C(Nc1ccc(F)cc1)c1cc(-c2cccn3c(-c4cccc(F)c4F)ncc23)ccc1C(F)(F)F.O=C(O)c1cccc(F)c1F. The number of amides is 3. The Balaban J connectivity index is 0.000000164. The second-order valence-corrected chi connectivity index (χ2v) is 29.5. The summed E-state index contributed by atoms with van der Waals surface area (Å²) in [5, 5.41) is 15.5. The predicted octanol–water partition coefficient (Wildman–Crippen LogP) is 21.8. The highest BCUT2D eigenvalue weighted by molar-refractivity contribution is 9.11. The van der Waals surface area contributed by atoms with E-state index in [9.17, 15) is 89.4 Å². The summed E-state index contributed by atoms with van der Waals surface area (Å²) in [6, 6.07) is 43.9. The molecule has 1 aliphatic heterocycles. The van der Waals surface area contributed by atoms with Crippen molar-refractivity contribution in [2.24, 2.45) is 5.73 Å². The minimum atomic E-state index is -4.82. The molecular weight excluding hydrogens is 1840 g/mol. The summed E-state index contributed by atoms with van der Waals surface area (Å²) in [4.78, 5) is 63.8. The molecule has 1 saturated heterocycles. The average Bonchev–Trinajstić information content (AvgIpc) is 1.65. The Labute approximate surface area is 714 Å². The number of carboxylic acid groups (broad SMARTS) is 1. The topological polar surface area (TPSA) is 229 Å². The monoisotopic (exact) mass is 1900 g/mol. The number of pyridine rings is 4. The number of alkyl halides is 6. The van der Waals surface area contributed by atoms with E-state index in [0.717, 1.165) is 110 Å². The standard InChI is InChI=1S/C27H15F6N3O.C20H20BF4NO3.C13H9BrF2N2O.C13H7BrF2N2.C7H4F2O2.C6H7BrN2/c28-16-7-9-17(10-8-16)35-26(37)20-13-15(6-11-21(20)27(31,32)33)18-4-2-12-36-23(18)14-34-25(36)19-3-1-5-22(29)24(19)30;1-18(2)19(3,4)29-21(28-18)12-5-10-16(20(23,24)25)15(11-12)17(27)26-14-8-6-13(22)7-9-14;14-9-4-2-6-17-11(9)7-18-13(19)8-3-1-5-10(15)12(8)16;14-9-4-2-6-18-11(9)7-17-13(18)8-3-1-5-10(15)12(8)16;8-5-3-1-2-4(6(5)9)7(10)11;7-5-2-1-3-9-6(5)4-8/h1-14H,(H,35,37);5-11H,1-4H3,(H,26,27);1-6H,7H2,(H,18,19);1-7H;1-3H,(H,10,11);1-3H,4,8H2. The van der Waals surface area contributed by atoms with E-state index in [0.29, 0.717) is 34.6 Å². The molecule has 1 fully saturated rings. The minimum absolute atomic E-state index is 0.0926. The molecule has 0 atom stereocenters. The van der Waals surface area contributed by atoms with Crippen molar-refractivity contribution in [2.45, 2.75) is 64.3 Å². The van der Waals surface area contributed by atoms with Crippen LogP contribution >= 0.6 is 47.8 Å². The highest BCUT2D eigenvalue weighted by Crippen LogP contribution is 2.40. The molecule has 6 N–H and O–H groups in total. The van der Waals surface area contributed by atoms with Gasteiger partial charge in [0.15, 0.2) is 46.5 Å². The molecule has 3 amide bonds. The Morgan fingerprint density at radius 1 is 0.447 bits per heavy atom. The maximum Gasteiger partial charge on any atom is 0.494 e. The number of aromatic carboxylic acids is 1. The number of carbonyl (C=O) groups is 4. The number of hydrogen-bond acceptors (Lipinski definition) is 11. The van der Waals surface area contributed by atoms with Gasteiger partial charge in [0, 0.05) is 61.7 Å². The highest BCUT2D eigenvalue weighted by atomic mass is 79.9. The fourth-order valence-electron chi connectivity index (χ4n) is 11.5. The van der Waals surface area contributed by atoms with Crippen molar-refractivity contribution >= 4 is 106 Å². The van der Waals surface area contributed by atoms with Gasteiger partial charge in [-0.2, -0.15) is 26.3 Å². The average molecular weight is 1900 g/mol. The van der Waals surface area contributed by atoms with E-state index < -0.39 is 140 Å². The van der Waals surface area contributed by atoms with Crippen LogP contribution in [0.2, 0.25) is 0 Å². The summed E-state index contributed by atoms with van der Waals surface area (Å²) in [5.41, 5.74) is 3.55. The number of imidazole rings is 2. The number of halogens is 19. The first-order valence-corrected chi connectivity index (χ1v) is 38.2. The van der Waals surface area contributed by atoms with Crippen molar-refractivity contribution in [3.8, 4) is 33.9 Å². The molecule has 634 valence electrons. The quantitative estimate of drug-likeness (QED) is 0.0536. The van der Waals surface area contributed by atoms with Gasteiger partial charge in [0.25, 0.3) is 17.7 Å². The molecule has 15 rings (SSSR count). The third-order valence-electron chi connectivity index (χ3n) is 18.3. The Bertz CT molecular complexity index is 6190. The van der Waals surface area contributed by atoms with Crippen LogP contribution in [0.15, 0.2) is 257 Å². The van der Waals surface area contributed by atoms with Crippen LogP contribution in [0.5, 0.6) is 0 Å². The van der Waals surface area contributed by atoms with Gasteiger partial charge in [0.1, 0.15) is 23.3 Å². The molecular formula is C86H62BBr3F16N10O7. The third-order valence-corrected chi connectivity index (χ3v) is 20.5. The van der Waals surface area contributed by atoms with Crippen LogP contribution in [-0.2, 0) is 34.8 Å². The first kappa shape index (κ1) is 92.9. The zero-order chi connectivity index (χ0) is 89.6. The number of carbonyl (C=O) groups excluding carboxylic acids is 3. The van der Waals surface area contributed by atoms with Crippen molar-refractivity contribution in [1.82, 2.24) is 34.1 Å². The van der Waals surface area contributed by atoms with E-state index >= 15 is 0 Å². The van der Waals surface area contributed by atoms with Gasteiger partial charge in [-0.15, -0.1) is 0 Å². The number of nitrogens with zero attached hydrogens (tertiary/aromatic N) is 6. The molecule has 0 radical (unpaired) electrons. The Morgan fingerprint density at radius 3 is 1.33 bits per heavy atom. The Kier molecular flexibility index (Phi) is 30.2. The summed E-state index contributed by atoms with van der Waals surface area (Å²) < 4.78 is 232. The molecule has 0 unspecified atom stereocenters. The van der Waals surface area contributed by atoms with Gasteiger partial charge < -0.3 is 36.1 Å². The molecule has 0 saturated carbocycles. The van der Waals surface area contributed by atoms with Crippen LogP contribution in [0.4, 0.5) is 81.6 Å². The van der Waals surface area contributed by atoms with E-state index in [4.69, 9.17) is 20.1 Å². The van der Waals surface area contributed by atoms with Crippen LogP contribution in [0.1, 0.15) is 91.6 Å². The molecule has 1 aliphatic rings. The number of nitrogens with two attached hydrogens (primary N) is 1. The number of aromatic nitrogens is 6. The lowest BCUT2D eigenvalue weighted by atomic mass is 9.77. The molecule has 14 aromatic rings. The molecule has 123 heavy (non-hydrogen) atoms. The molecule has 37 heteroatoms. The molecule has 6 aromatic heterocycles. The van der Waals surface area contributed by atoms with E-state index in [1.165, 1.54) is 83.4 Å². The molecule has 8 aromatic carbocycles. The maximum absolute atomic E-state index is 14.4. The Hall–Kier alpha value is -12.4. The fourth-order valence-corrected chi connectivity index (χ4v) is 12.7. The summed E-state index contributed by atoms with van der Waals surface area (Å²) in [7, 11) is -0.917. The highest BCUT2D eigenvalue weighted by Gasteiger charge is 2.52. The maximum atomic E-state index is 14.4. The van der Waals surface area contributed by atoms with Gasteiger partial charge in [-0.25, -0.2) is 58.7 Å². The van der Waals surface area contributed by atoms with Crippen molar-refractivity contribution in [2.75, 3.05) is 10.6 Å². The summed E-state index contributed by atoms with van der Waals surface area (Å²) in [6.07, 6.45) is 0.0593. The van der Waals surface area contributed by atoms with Crippen LogP contribution in [0, 0.1) is 58.2 Å². The third kappa shape index (κ3) is 22.9. The first-order valence-electron chi connectivity index (χ1n) is 35.8. The van der Waals surface area contributed by atoms with Crippen molar-refractivity contribution < 1.29 is 104 Å². The van der Waals surface area contributed by atoms with Crippen LogP contribution in [0.3, 0.4) is 0 Å². The molecule has 17 nitrogen and oxygen atoms in total. The van der Waals surface area contributed by atoms with Crippen molar-refractivity contribution in [3.63, 3.8) is 0 Å². The lowest BCUT2D eigenvalue weighted by Crippen LogP contribution is -2.41. The van der Waals surface area contributed by atoms with Crippen molar-refractivity contribution in [3.05, 3.63) is 360 Å². The summed E-state index contributed by atoms with van der Waals surface area (Å²) in [6.45, 7) is 7.88. The van der Waals surface area contributed by atoms with Crippen LogP contribution in [0.25, 0.3) is 44.9 Å². The van der Waals surface area contributed by atoms with Gasteiger partial charge in [0.2, 0.25) is 0 Å². The number of rotatable bonds is 13. The fraction of sp³-hybridized carbons (Fsp3) is 0.116. The van der Waals surface area contributed by atoms with Gasteiger partial charge in [0.05, 0.1) is 97.1 Å². The normalized spacial score (nSPS) is 12.5. The van der Waals surface area contributed by atoms with E-state index in [2.05, 4.69) is 83.7 Å². The van der Waals surface area contributed by atoms with Crippen molar-refractivity contribution in [1.29, 1.82) is 0 Å². The summed E-state index contributed by atoms with van der Waals surface area (Å²) >= 11 is 9.98. The minimum Gasteiger partial charge on any atom is -0.478 e. The molecule has 0 bridgehead atoms. The number of benzene rings is 8.